The molecule has 98 valence electrons. The third kappa shape index (κ3) is 4.08. The van der Waals surface area contributed by atoms with Gasteiger partial charge in [0.15, 0.2) is 0 Å². The number of aliphatic imine (C=N–C) groups is 1. The van der Waals surface area contributed by atoms with E-state index in [4.69, 9.17) is 9.47 Å². The van der Waals surface area contributed by atoms with Gasteiger partial charge < -0.3 is 9.47 Å². The quantitative estimate of drug-likeness (QED) is 0.655. The van der Waals surface area contributed by atoms with E-state index >= 15 is 0 Å². The van der Waals surface area contributed by atoms with E-state index in [9.17, 15) is 4.79 Å². The van der Waals surface area contributed by atoms with E-state index in [0.29, 0.717) is 17.9 Å². The maximum atomic E-state index is 11.9. The summed E-state index contributed by atoms with van der Waals surface area (Å²) in [5.74, 6) is 0.451. The molecule has 0 aliphatic heterocycles. The summed E-state index contributed by atoms with van der Waals surface area (Å²) in [6.07, 6.45) is 0.894. The maximum absolute atomic E-state index is 11.9. The fraction of sp³-hybridized carbons (Fsp3) is 0.385. The number of benzene rings is 1. The van der Waals surface area contributed by atoms with Crippen LogP contribution in [0.15, 0.2) is 29.3 Å². The molecule has 1 aromatic carbocycles. The number of carbonyl (C=O) groups excluding carboxylic acids is 1. The molecule has 0 unspecified atom stereocenters. The van der Waals surface area contributed by atoms with Crippen LogP contribution in [0.1, 0.15) is 23.7 Å². The molecular formula is C13H18N2O3. The van der Waals surface area contributed by atoms with E-state index < -0.39 is 0 Å². The molecule has 0 aliphatic carbocycles. The Labute approximate surface area is 107 Å². The fourth-order valence-corrected chi connectivity index (χ4v) is 1.28. The van der Waals surface area contributed by atoms with Crippen LogP contribution in [0.5, 0.6) is 5.75 Å². The standard InChI is InChI=1S/C13H18N2O3/c1-4-9-14-13(18-3)15-12(16)10-5-7-11(17-2)8-6-10/h5-8H,4,9H2,1-3H3,(H,14,15,16). The van der Waals surface area contributed by atoms with Gasteiger partial charge in [0.25, 0.3) is 11.9 Å². The van der Waals surface area contributed by atoms with E-state index in [1.165, 1.54) is 7.11 Å². The summed E-state index contributed by atoms with van der Waals surface area (Å²) in [5, 5.41) is 2.60. The van der Waals surface area contributed by atoms with Gasteiger partial charge in [-0.1, -0.05) is 6.92 Å². The number of ether oxygens (including phenoxy) is 2. The number of hydrogen-bond acceptors (Lipinski definition) is 4. The molecule has 0 aromatic heterocycles. The minimum Gasteiger partial charge on any atom is -0.497 e. The van der Waals surface area contributed by atoms with E-state index in [1.807, 2.05) is 6.92 Å². The highest BCUT2D eigenvalue weighted by Crippen LogP contribution is 2.10. The second-order valence-corrected chi connectivity index (χ2v) is 3.57. The number of carbonyl (C=O) groups is 1. The molecule has 0 atom stereocenters. The van der Waals surface area contributed by atoms with Gasteiger partial charge in [0, 0.05) is 12.1 Å². The highest BCUT2D eigenvalue weighted by Gasteiger charge is 2.08. The van der Waals surface area contributed by atoms with Crippen molar-refractivity contribution in [3.8, 4) is 5.75 Å². The topological polar surface area (TPSA) is 59.9 Å². The first-order valence-electron chi connectivity index (χ1n) is 5.75. The molecule has 0 saturated carbocycles. The van der Waals surface area contributed by atoms with Crippen molar-refractivity contribution in [1.29, 1.82) is 0 Å². The van der Waals surface area contributed by atoms with Gasteiger partial charge in [-0.2, -0.15) is 0 Å². The van der Waals surface area contributed by atoms with Crippen LogP contribution in [0.25, 0.3) is 0 Å². The molecule has 0 spiro atoms. The van der Waals surface area contributed by atoms with Crippen molar-refractivity contribution in [3.63, 3.8) is 0 Å². The van der Waals surface area contributed by atoms with Crippen molar-refractivity contribution in [1.82, 2.24) is 5.32 Å². The van der Waals surface area contributed by atoms with Crippen LogP contribution in [-0.4, -0.2) is 32.7 Å². The number of nitrogens with one attached hydrogen (secondary N) is 1. The number of amides is 1. The van der Waals surface area contributed by atoms with E-state index in [0.717, 1.165) is 6.42 Å². The first kappa shape index (κ1) is 14.0. The van der Waals surface area contributed by atoms with Gasteiger partial charge in [-0.15, -0.1) is 0 Å². The zero-order valence-corrected chi connectivity index (χ0v) is 10.9. The minimum atomic E-state index is -0.255. The Balaban J connectivity index is 2.68. The normalized spacial score (nSPS) is 10.9. The number of amidine groups is 1. The van der Waals surface area contributed by atoms with Gasteiger partial charge in [0.1, 0.15) is 5.75 Å². The number of methoxy groups -OCH3 is 2. The predicted molar refractivity (Wildman–Crippen MR) is 70.1 cm³/mol. The second-order valence-electron chi connectivity index (χ2n) is 3.57. The summed E-state index contributed by atoms with van der Waals surface area (Å²) in [6.45, 7) is 2.62. The lowest BCUT2D eigenvalue weighted by Crippen LogP contribution is -2.32. The second kappa shape index (κ2) is 7.32. The Bertz CT molecular complexity index is 413. The Morgan fingerprint density at radius 1 is 1.28 bits per heavy atom. The van der Waals surface area contributed by atoms with E-state index in [1.54, 1.807) is 31.4 Å². The van der Waals surface area contributed by atoms with Crippen LogP contribution in [0.2, 0.25) is 0 Å². The first-order chi connectivity index (χ1) is 8.71. The smallest absolute Gasteiger partial charge is 0.291 e. The van der Waals surface area contributed by atoms with Gasteiger partial charge >= 0.3 is 0 Å². The van der Waals surface area contributed by atoms with Crippen molar-refractivity contribution in [3.05, 3.63) is 29.8 Å². The lowest BCUT2D eigenvalue weighted by molar-refractivity contribution is 0.0968. The molecule has 5 nitrogen and oxygen atoms in total. The summed E-state index contributed by atoms with van der Waals surface area (Å²) in [5.41, 5.74) is 0.525. The molecule has 1 rings (SSSR count). The number of nitrogens with zero attached hydrogens (tertiary/aromatic N) is 1. The molecule has 5 heteroatoms. The lowest BCUT2D eigenvalue weighted by atomic mass is 10.2. The number of hydrogen-bond donors (Lipinski definition) is 1. The van der Waals surface area contributed by atoms with Crippen molar-refractivity contribution in [2.24, 2.45) is 4.99 Å². The van der Waals surface area contributed by atoms with Gasteiger partial charge in [-0.05, 0) is 30.7 Å². The Hall–Kier alpha value is -2.04. The van der Waals surface area contributed by atoms with E-state index in [-0.39, 0.29) is 11.9 Å². The summed E-state index contributed by atoms with van der Waals surface area (Å²) in [7, 11) is 3.05. The molecule has 0 fully saturated rings. The van der Waals surface area contributed by atoms with Crippen molar-refractivity contribution >= 4 is 11.9 Å². The van der Waals surface area contributed by atoms with Gasteiger partial charge in [0.05, 0.1) is 14.2 Å². The van der Waals surface area contributed by atoms with Crippen molar-refractivity contribution in [2.75, 3.05) is 20.8 Å². The molecule has 18 heavy (non-hydrogen) atoms. The molecule has 0 bridgehead atoms. The average molecular weight is 250 g/mol. The molecule has 1 N–H and O–H groups in total. The SMILES string of the molecule is CCCN=C(NC(=O)c1ccc(OC)cc1)OC. The van der Waals surface area contributed by atoms with Crippen LogP contribution in [0, 0.1) is 0 Å². The summed E-state index contributed by atoms with van der Waals surface area (Å²) >= 11 is 0. The van der Waals surface area contributed by atoms with Crippen molar-refractivity contribution < 1.29 is 14.3 Å². The first-order valence-corrected chi connectivity index (χ1v) is 5.75. The highest BCUT2D eigenvalue weighted by molar-refractivity contribution is 6.04. The molecule has 0 saturated heterocycles. The lowest BCUT2D eigenvalue weighted by Gasteiger charge is -2.07. The van der Waals surface area contributed by atoms with Crippen LogP contribution in [0.3, 0.4) is 0 Å². The van der Waals surface area contributed by atoms with Crippen LogP contribution in [-0.2, 0) is 4.74 Å². The molecular weight excluding hydrogens is 232 g/mol. The third-order valence-electron chi connectivity index (χ3n) is 2.25. The minimum absolute atomic E-state index is 0.234. The Kier molecular flexibility index (Phi) is 5.70. The third-order valence-corrected chi connectivity index (χ3v) is 2.25. The fourth-order valence-electron chi connectivity index (χ4n) is 1.28. The summed E-state index contributed by atoms with van der Waals surface area (Å²) < 4.78 is 10.0. The zero-order valence-electron chi connectivity index (χ0n) is 10.9. The molecule has 0 radical (unpaired) electrons. The zero-order chi connectivity index (χ0) is 13.4. The summed E-state index contributed by atoms with van der Waals surface area (Å²) in [6, 6.07) is 7.05. The van der Waals surface area contributed by atoms with Crippen molar-refractivity contribution in [2.45, 2.75) is 13.3 Å². The van der Waals surface area contributed by atoms with Gasteiger partial charge in [0.2, 0.25) is 0 Å². The van der Waals surface area contributed by atoms with Gasteiger partial charge in [-0.25, -0.2) is 4.99 Å². The largest absolute Gasteiger partial charge is 0.497 e. The van der Waals surface area contributed by atoms with E-state index in [2.05, 4.69) is 10.3 Å². The molecule has 1 aromatic rings. The highest BCUT2D eigenvalue weighted by atomic mass is 16.5. The maximum Gasteiger partial charge on any atom is 0.291 e. The summed E-state index contributed by atoms with van der Waals surface area (Å²) in [4.78, 5) is 16.0. The Morgan fingerprint density at radius 3 is 2.44 bits per heavy atom. The molecule has 1 amide bonds. The van der Waals surface area contributed by atoms with Crippen LogP contribution < -0.4 is 10.1 Å². The molecule has 0 aliphatic rings. The predicted octanol–water partition coefficient (Wildman–Crippen LogP) is 1.84. The molecule has 0 heterocycles. The average Bonchev–Trinajstić information content (AvgIpc) is 2.43. The van der Waals surface area contributed by atoms with Crippen LogP contribution in [0.4, 0.5) is 0 Å². The Morgan fingerprint density at radius 2 is 1.94 bits per heavy atom. The number of rotatable bonds is 4. The monoisotopic (exact) mass is 250 g/mol. The van der Waals surface area contributed by atoms with Gasteiger partial charge in [-0.3, -0.25) is 10.1 Å². The van der Waals surface area contributed by atoms with Crippen LogP contribution >= 0.6 is 0 Å².